The maximum absolute atomic E-state index is 10.6. The van der Waals surface area contributed by atoms with Crippen LogP contribution < -0.4 is 5.73 Å². The summed E-state index contributed by atoms with van der Waals surface area (Å²) in [6.45, 7) is 6.23. The van der Waals surface area contributed by atoms with Crippen LogP contribution in [0.3, 0.4) is 0 Å². The molecule has 2 nitrogen and oxygen atoms in total. The normalized spacial score (nSPS) is 11.3. The zero-order valence-electron chi connectivity index (χ0n) is 8.29. The maximum Gasteiger partial charge on any atom is 0.152 e. The average molecular weight is 177 g/mol. The van der Waals surface area contributed by atoms with Gasteiger partial charge in [-0.2, -0.15) is 0 Å². The summed E-state index contributed by atoms with van der Waals surface area (Å²) < 4.78 is 0. The highest BCUT2D eigenvalue weighted by atomic mass is 16.1. The molecule has 0 radical (unpaired) electrons. The van der Waals surface area contributed by atoms with E-state index in [0.29, 0.717) is 11.3 Å². The molecule has 0 spiro atoms. The van der Waals surface area contributed by atoms with Crippen molar-refractivity contribution >= 4 is 12.0 Å². The van der Waals surface area contributed by atoms with E-state index >= 15 is 0 Å². The van der Waals surface area contributed by atoms with Crippen molar-refractivity contribution in [1.29, 1.82) is 0 Å². The van der Waals surface area contributed by atoms with Crippen LogP contribution in [0.1, 0.15) is 36.7 Å². The number of rotatable bonds is 1. The van der Waals surface area contributed by atoms with Gasteiger partial charge in [0.1, 0.15) is 0 Å². The Balaban J connectivity index is 3.32. The Hall–Kier alpha value is -1.31. The molecule has 2 N–H and O–H groups in total. The molecular formula is C11H15NO. The zero-order chi connectivity index (χ0) is 10.1. The third kappa shape index (κ3) is 1.89. The lowest BCUT2D eigenvalue weighted by molar-refractivity contribution is 0.112. The van der Waals surface area contributed by atoms with Crippen LogP contribution in [0.25, 0.3) is 0 Å². The number of hydrogen-bond acceptors (Lipinski definition) is 2. The van der Waals surface area contributed by atoms with E-state index in [1.165, 1.54) is 0 Å². The van der Waals surface area contributed by atoms with Crippen LogP contribution in [-0.2, 0) is 5.41 Å². The van der Waals surface area contributed by atoms with Crippen molar-refractivity contribution in [3.63, 3.8) is 0 Å². The number of benzene rings is 1. The molecule has 0 amide bonds. The van der Waals surface area contributed by atoms with Gasteiger partial charge in [0.15, 0.2) is 6.29 Å². The molecule has 0 saturated heterocycles. The van der Waals surface area contributed by atoms with Crippen molar-refractivity contribution in [3.8, 4) is 0 Å². The van der Waals surface area contributed by atoms with E-state index < -0.39 is 0 Å². The molecule has 70 valence electrons. The Bertz CT molecular complexity index is 323. The minimum absolute atomic E-state index is 0.0108. The van der Waals surface area contributed by atoms with E-state index in [-0.39, 0.29) is 5.41 Å². The number of nitrogen functional groups attached to an aromatic ring is 1. The first-order valence-electron chi connectivity index (χ1n) is 4.31. The summed E-state index contributed by atoms with van der Waals surface area (Å²) in [6.07, 6.45) is 0.796. The van der Waals surface area contributed by atoms with Crippen LogP contribution >= 0.6 is 0 Å². The summed E-state index contributed by atoms with van der Waals surface area (Å²) in [5.74, 6) is 0. The summed E-state index contributed by atoms with van der Waals surface area (Å²) in [5.41, 5.74) is 8.04. The lowest BCUT2D eigenvalue weighted by Crippen LogP contribution is -2.14. The molecule has 0 aliphatic heterocycles. The van der Waals surface area contributed by atoms with E-state index in [2.05, 4.69) is 20.8 Å². The van der Waals surface area contributed by atoms with Gasteiger partial charge in [0.2, 0.25) is 0 Å². The predicted molar refractivity (Wildman–Crippen MR) is 54.9 cm³/mol. The molecule has 0 aliphatic carbocycles. The van der Waals surface area contributed by atoms with Crippen molar-refractivity contribution in [3.05, 3.63) is 29.3 Å². The Morgan fingerprint density at radius 3 is 2.38 bits per heavy atom. The monoisotopic (exact) mass is 177 g/mol. The molecule has 0 saturated carbocycles. The second-order valence-corrected chi connectivity index (χ2v) is 4.18. The van der Waals surface area contributed by atoms with E-state index in [0.717, 1.165) is 11.8 Å². The molecule has 0 aliphatic rings. The average Bonchev–Trinajstić information content (AvgIpc) is 2.02. The van der Waals surface area contributed by atoms with Gasteiger partial charge in [-0.05, 0) is 17.0 Å². The highest BCUT2D eigenvalue weighted by Crippen LogP contribution is 2.28. The van der Waals surface area contributed by atoms with Gasteiger partial charge in [-0.3, -0.25) is 4.79 Å². The second-order valence-electron chi connectivity index (χ2n) is 4.18. The topological polar surface area (TPSA) is 43.1 Å². The molecule has 2 heteroatoms. The van der Waals surface area contributed by atoms with Gasteiger partial charge in [-0.25, -0.2) is 0 Å². The molecule has 13 heavy (non-hydrogen) atoms. The summed E-state index contributed by atoms with van der Waals surface area (Å²) >= 11 is 0. The third-order valence-corrected chi connectivity index (χ3v) is 2.07. The number of carbonyl (C=O) groups excluding carboxylic acids is 1. The van der Waals surface area contributed by atoms with Crippen molar-refractivity contribution < 1.29 is 4.79 Å². The Labute approximate surface area is 78.8 Å². The first-order valence-corrected chi connectivity index (χ1v) is 4.31. The Kier molecular flexibility index (Phi) is 2.41. The number of anilines is 1. The second kappa shape index (κ2) is 3.21. The highest BCUT2D eigenvalue weighted by molar-refractivity contribution is 5.84. The van der Waals surface area contributed by atoms with Crippen molar-refractivity contribution in [2.75, 3.05) is 5.73 Å². The van der Waals surface area contributed by atoms with Gasteiger partial charge in [-0.1, -0.05) is 32.9 Å². The quantitative estimate of drug-likeness (QED) is 0.528. The maximum atomic E-state index is 10.6. The van der Waals surface area contributed by atoms with Gasteiger partial charge in [0.05, 0.1) is 0 Å². The Morgan fingerprint density at radius 1 is 1.31 bits per heavy atom. The number of carbonyl (C=O) groups is 1. The van der Waals surface area contributed by atoms with Crippen LogP contribution in [0, 0.1) is 0 Å². The SMILES string of the molecule is CC(C)(C)c1cccc(C=O)c1N. The van der Waals surface area contributed by atoms with E-state index in [4.69, 9.17) is 5.73 Å². The fourth-order valence-electron chi connectivity index (χ4n) is 1.34. The predicted octanol–water partition coefficient (Wildman–Crippen LogP) is 2.38. The number of para-hydroxylation sites is 1. The van der Waals surface area contributed by atoms with Gasteiger partial charge in [0, 0.05) is 11.3 Å². The van der Waals surface area contributed by atoms with Crippen molar-refractivity contribution in [2.24, 2.45) is 0 Å². The fraction of sp³-hybridized carbons (Fsp3) is 0.364. The molecular weight excluding hydrogens is 162 g/mol. The minimum Gasteiger partial charge on any atom is -0.398 e. The molecule has 1 rings (SSSR count). The summed E-state index contributed by atoms with van der Waals surface area (Å²) in [4.78, 5) is 10.6. The summed E-state index contributed by atoms with van der Waals surface area (Å²) in [7, 11) is 0. The van der Waals surface area contributed by atoms with Gasteiger partial charge in [0.25, 0.3) is 0 Å². The van der Waals surface area contributed by atoms with Crippen LogP contribution in [0.15, 0.2) is 18.2 Å². The molecule has 1 aromatic rings. The molecule has 0 bridgehead atoms. The summed E-state index contributed by atoms with van der Waals surface area (Å²) in [6, 6.07) is 5.56. The number of hydrogen-bond donors (Lipinski definition) is 1. The highest BCUT2D eigenvalue weighted by Gasteiger charge is 2.17. The van der Waals surface area contributed by atoms with Gasteiger partial charge < -0.3 is 5.73 Å². The smallest absolute Gasteiger partial charge is 0.152 e. The molecule has 0 aromatic heterocycles. The molecule has 0 heterocycles. The molecule has 0 unspecified atom stereocenters. The first-order chi connectivity index (χ1) is 5.96. The van der Waals surface area contributed by atoms with E-state index in [1.807, 2.05) is 12.1 Å². The lowest BCUT2D eigenvalue weighted by atomic mass is 9.85. The van der Waals surface area contributed by atoms with E-state index in [9.17, 15) is 4.79 Å². The molecule has 1 aromatic carbocycles. The van der Waals surface area contributed by atoms with Crippen LogP contribution in [0.4, 0.5) is 5.69 Å². The van der Waals surface area contributed by atoms with Crippen molar-refractivity contribution in [1.82, 2.24) is 0 Å². The first kappa shape index (κ1) is 9.78. The van der Waals surface area contributed by atoms with Crippen LogP contribution in [0.2, 0.25) is 0 Å². The van der Waals surface area contributed by atoms with Gasteiger partial charge in [-0.15, -0.1) is 0 Å². The lowest BCUT2D eigenvalue weighted by Gasteiger charge is -2.21. The van der Waals surface area contributed by atoms with Crippen LogP contribution in [0.5, 0.6) is 0 Å². The van der Waals surface area contributed by atoms with Crippen LogP contribution in [-0.4, -0.2) is 6.29 Å². The largest absolute Gasteiger partial charge is 0.398 e. The Morgan fingerprint density at radius 2 is 1.92 bits per heavy atom. The summed E-state index contributed by atoms with van der Waals surface area (Å²) in [5, 5.41) is 0. The number of aldehydes is 1. The van der Waals surface area contributed by atoms with Crippen molar-refractivity contribution in [2.45, 2.75) is 26.2 Å². The third-order valence-electron chi connectivity index (χ3n) is 2.07. The molecule has 0 atom stereocenters. The van der Waals surface area contributed by atoms with Gasteiger partial charge >= 0.3 is 0 Å². The fourth-order valence-corrected chi connectivity index (χ4v) is 1.34. The molecule has 0 fully saturated rings. The number of nitrogens with two attached hydrogens (primary N) is 1. The zero-order valence-corrected chi connectivity index (χ0v) is 8.29. The standard InChI is InChI=1S/C11H15NO/c1-11(2,3)9-6-4-5-8(7-13)10(9)12/h4-7H,12H2,1-3H3. The minimum atomic E-state index is -0.0108. The van der Waals surface area contributed by atoms with E-state index in [1.54, 1.807) is 6.07 Å².